The van der Waals surface area contributed by atoms with Crippen LogP contribution in [0.2, 0.25) is 69.1 Å². The Hall–Kier alpha value is -4.35. The summed E-state index contributed by atoms with van der Waals surface area (Å²) in [5.41, 5.74) is 28.6. The van der Waals surface area contributed by atoms with Gasteiger partial charge in [0.05, 0.1) is 0 Å². The van der Waals surface area contributed by atoms with Gasteiger partial charge in [-0.05, 0) is 0 Å². The third-order valence-electron chi connectivity index (χ3n) is 21.1. The van der Waals surface area contributed by atoms with E-state index in [0.717, 1.165) is 6.42 Å². The molecule has 556 valence electrons. The van der Waals surface area contributed by atoms with Gasteiger partial charge >= 0.3 is 644 Å². The van der Waals surface area contributed by atoms with Crippen molar-refractivity contribution in [3.05, 3.63) is 189 Å². The molecule has 0 saturated heterocycles. The molecule has 4 heterocycles. The van der Waals surface area contributed by atoms with Crippen LogP contribution in [0.25, 0.3) is 45.0 Å². The summed E-state index contributed by atoms with van der Waals surface area (Å²) < 4.78 is 16.1. The normalized spacial score (nSPS) is 12.3. The van der Waals surface area contributed by atoms with Gasteiger partial charge in [-0.2, -0.15) is 0 Å². The van der Waals surface area contributed by atoms with E-state index in [1.54, 1.807) is 39.8 Å². The van der Waals surface area contributed by atoms with E-state index in [1.807, 2.05) is 0 Å². The fourth-order valence-electron chi connectivity index (χ4n) is 15.1. The van der Waals surface area contributed by atoms with Crippen LogP contribution in [0.1, 0.15) is 214 Å². The first kappa shape index (κ1) is 88.3. The summed E-state index contributed by atoms with van der Waals surface area (Å²) in [7, 11) is 8.85. The summed E-state index contributed by atoms with van der Waals surface area (Å²) in [6.45, 7) is 45.8. The molecule has 8 aromatic rings. The second-order valence-electron chi connectivity index (χ2n) is 37.5. The minimum atomic E-state index is -1.98. The molecule has 4 nitrogen and oxygen atoms in total. The van der Waals surface area contributed by atoms with Crippen molar-refractivity contribution in [3.63, 3.8) is 0 Å². The third kappa shape index (κ3) is 23.8. The molecule has 4 aromatic heterocycles. The predicted octanol–water partition coefficient (Wildman–Crippen LogP) is 22.3. The topological polar surface area (TPSA) is 15.5 Å². The SMILES string of the molecule is CCC(CC)c1c[n+](C)c(-c2cc(C(C)C)ccc2C)c[c]1[Ge]([CH3])([CH3])[CH3].CCC(CC)c1c[n+](C)c(-c2cc(C)ccc2C)c[c]1[Ge]([CH3])([CH3])[CH3].Cc1cc(C(C)(C)C)ccc1-c1c[c]([Ge]([CH3])([CH3])[CH3])c(CC(C)C)c[n+]1C.Cc1cc(CC(C)C)ccc1-c1c[c]([Ge]([CH3])([CH3])[CH3])c(CC(C)C)c[n+]1C. The van der Waals surface area contributed by atoms with E-state index in [0.29, 0.717) is 35.5 Å². The molecule has 0 atom stereocenters. The first-order valence-electron chi connectivity index (χ1n) is 39.6. The van der Waals surface area contributed by atoms with Gasteiger partial charge in [-0.25, -0.2) is 0 Å². The van der Waals surface area contributed by atoms with Crippen molar-refractivity contribution in [1.82, 2.24) is 0 Å². The zero-order valence-electron chi connectivity index (χ0n) is 72.2. The summed E-state index contributed by atoms with van der Waals surface area (Å²) in [5.74, 6) is 34.2. The average molecular weight is 1620 g/mol. The molecule has 0 saturated carbocycles. The number of pyridine rings is 4. The first-order valence-corrected chi connectivity index (χ1v) is 69.0. The molecule has 0 bridgehead atoms. The van der Waals surface area contributed by atoms with Crippen LogP contribution in [0.5, 0.6) is 0 Å². The molecular formula is C94H148Ge4N4+4. The Morgan fingerprint density at radius 2 is 0.686 bits per heavy atom. The van der Waals surface area contributed by atoms with Crippen LogP contribution in [0, 0.1) is 52.4 Å². The van der Waals surface area contributed by atoms with Crippen LogP contribution in [0.3, 0.4) is 0 Å². The van der Waals surface area contributed by atoms with Gasteiger partial charge in [0.1, 0.15) is 0 Å². The second kappa shape index (κ2) is 37.0. The number of hydrogen-bond acceptors (Lipinski definition) is 0. The summed E-state index contributed by atoms with van der Waals surface area (Å²) >= 11 is -7.81. The monoisotopic (exact) mass is 1630 g/mol. The number of hydrogen-bond donors (Lipinski definition) is 0. The van der Waals surface area contributed by atoms with Crippen LogP contribution in [0.15, 0.2) is 122 Å². The van der Waals surface area contributed by atoms with Crippen molar-refractivity contribution >= 4 is 70.6 Å². The Balaban J connectivity index is 0.000000245. The van der Waals surface area contributed by atoms with Crippen molar-refractivity contribution < 1.29 is 18.3 Å². The third-order valence-corrected chi connectivity index (χ3v) is 38.4. The molecule has 0 amide bonds. The summed E-state index contributed by atoms with van der Waals surface area (Å²) in [6.07, 6.45) is 18.1. The van der Waals surface area contributed by atoms with Crippen molar-refractivity contribution in [2.75, 3.05) is 0 Å². The molecule has 8 rings (SSSR count). The second-order valence-corrected chi connectivity index (χ2v) is 79.8. The molecule has 0 aliphatic heterocycles. The van der Waals surface area contributed by atoms with Gasteiger partial charge in [-0.15, -0.1) is 0 Å². The Morgan fingerprint density at radius 3 is 1.03 bits per heavy atom. The number of nitrogens with zero attached hydrogens (tertiary/aromatic N) is 4. The quantitative estimate of drug-likeness (QED) is 0.0503. The van der Waals surface area contributed by atoms with E-state index in [4.69, 9.17) is 0 Å². The number of aromatic nitrogens is 4. The van der Waals surface area contributed by atoms with E-state index in [2.05, 4.69) is 376 Å². The molecule has 0 radical (unpaired) electrons. The fraction of sp³-hybridized carbons (Fsp3) is 0.532. The molecule has 4 aromatic carbocycles. The molecule has 0 fully saturated rings. The minimum absolute atomic E-state index is 0.193. The van der Waals surface area contributed by atoms with Crippen LogP contribution in [-0.2, 0) is 52.9 Å². The number of rotatable bonds is 21. The van der Waals surface area contributed by atoms with E-state index in [1.165, 1.54) is 128 Å². The van der Waals surface area contributed by atoms with Gasteiger partial charge in [0, 0.05) is 0 Å². The summed E-state index contributed by atoms with van der Waals surface area (Å²) in [5, 5.41) is 0. The average Bonchev–Trinajstić information content (AvgIpc) is 0.794. The zero-order valence-corrected chi connectivity index (χ0v) is 80.6. The van der Waals surface area contributed by atoms with Crippen molar-refractivity contribution in [3.8, 4) is 45.0 Å². The molecule has 0 aliphatic carbocycles. The van der Waals surface area contributed by atoms with Gasteiger partial charge in [-0.1, -0.05) is 0 Å². The van der Waals surface area contributed by atoms with Gasteiger partial charge in [0.15, 0.2) is 0 Å². The maximum atomic E-state index is 2.54. The van der Waals surface area contributed by atoms with E-state index < -0.39 is 53.1 Å². The number of benzene rings is 4. The number of aryl methyl sites for hydroxylation is 9. The van der Waals surface area contributed by atoms with Crippen LogP contribution in [-0.4, -0.2) is 53.1 Å². The summed E-state index contributed by atoms with van der Waals surface area (Å²) in [4.78, 5) is 0. The molecule has 0 unspecified atom stereocenters. The van der Waals surface area contributed by atoms with Crippen LogP contribution >= 0.6 is 0 Å². The molecule has 0 N–H and O–H groups in total. The van der Waals surface area contributed by atoms with Crippen LogP contribution in [0.4, 0.5) is 0 Å². The molecule has 102 heavy (non-hydrogen) atoms. The standard InChI is InChI=1S/3C24H38GeN.C22H34GeN/c1-17(2)13-19-16-26(10)23(15-22(19)25(7,8)9)21-12-11-20(14-18(21)3)24(4,5)6;1-17(2)12-20-10-11-22(19(5)14-20)24-15-23(25(6,7)8)21(13-18(3)4)16-26(24)9;1-10-19(11-2)22-16-26(9)24(15-23(22)25(6,7)8)21-14-20(17(3)4)13-12-18(21)5;1-9-18(10-2)20-15-24(8)22(14-21(20)23(5,6)7)19-13-16(3)11-12-17(19)4/h11-12,14-17H,13H2,1-10H3;10-11,14-18H,12-13H2,1-9H3;12-17,19H,10-11H2,1-9H3;11-15,18H,9-10H2,1-8H3/q4*+1. The first-order chi connectivity index (χ1) is 47.1. The van der Waals surface area contributed by atoms with Gasteiger partial charge in [0.2, 0.25) is 0 Å². The Labute approximate surface area is 638 Å². The molecule has 0 aliphatic rings. The van der Waals surface area contributed by atoms with E-state index in [9.17, 15) is 0 Å². The molecule has 0 spiro atoms. The van der Waals surface area contributed by atoms with Gasteiger partial charge in [0.25, 0.3) is 0 Å². The predicted molar refractivity (Wildman–Crippen MR) is 463 cm³/mol. The van der Waals surface area contributed by atoms with Gasteiger partial charge < -0.3 is 0 Å². The Morgan fingerprint density at radius 1 is 0.343 bits per heavy atom. The van der Waals surface area contributed by atoms with E-state index in [-0.39, 0.29) is 5.41 Å². The van der Waals surface area contributed by atoms with Crippen molar-refractivity contribution in [2.24, 2.45) is 45.9 Å². The Kier molecular flexibility index (Phi) is 32.0. The molecule has 8 heteroatoms. The van der Waals surface area contributed by atoms with Crippen molar-refractivity contribution in [2.45, 2.75) is 276 Å². The summed E-state index contributed by atoms with van der Waals surface area (Å²) in [6, 6.07) is 37.9. The maximum absolute atomic E-state index is 2.54. The molecular weight excluding hydrogens is 1480 g/mol. The fourth-order valence-corrected chi connectivity index (χ4v) is 29.4. The zero-order chi connectivity index (χ0) is 77.2. The van der Waals surface area contributed by atoms with Gasteiger partial charge in [-0.3, -0.25) is 0 Å². The Bertz CT molecular complexity index is 4100. The van der Waals surface area contributed by atoms with E-state index >= 15 is 0 Å². The van der Waals surface area contributed by atoms with Crippen LogP contribution < -0.4 is 35.9 Å². The van der Waals surface area contributed by atoms with Crippen molar-refractivity contribution in [1.29, 1.82) is 0 Å².